The van der Waals surface area contributed by atoms with E-state index in [9.17, 15) is 4.79 Å². The van der Waals surface area contributed by atoms with Gasteiger partial charge in [0.15, 0.2) is 0 Å². The Hall–Kier alpha value is -1.29. The Morgan fingerprint density at radius 2 is 2.40 bits per heavy atom. The molecular formula is C11H19N3O. The van der Waals surface area contributed by atoms with E-state index in [0.717, 1.165) is 12.0 Å². The Balaban J connectivity index is 2.34. The van der Waals surface area contributed by atoms with Crippen LogP contribution in [-0.4, -0.2) is 17.0 Å². The smallest absolute Gasteiger partial charge is 0.223 e. The predicted octanol–water partition coefficient (Wildman–Crippen LogP) is 0.626. The van der Waals surface area contributed by atoms with E-state index in [1.807, 2.05) is 37.0 Å². The summed E-state index contributed by atoms with van der Waals surface area (Å²) < 4.78 is 1.96. The van der Waals surface area contributed by atoms with Gasteiger partial charge in [-0.1, -0.05) is 6.92 Å². The molecule has 1 unspecified atom stereocenters. The number of aromatic nitrogens is 1. The summed E-state index contributed by atoms with van der Waals surface area (Å²) in [7, 11) is 1.96. The first-order chi connectivity index (χ1) is 7.13. The van der Waals surface area contributed by atoms with Crippen molar-refractivity contribution in [3.8, 4) is 0 Å². The van der Waals surface area contributed by atoms with Crippen molar-refractivity contribution in [2.75, 3.05) is 6.54 Å². The molecule has 84 valence electrons. The molecule has 0 aliphatic rings. The Morgan fingerprint density at radius 1 is 1.67 bits per heavy atom. The summed E-state index contributed by atoms with van der Waals surface area (Å²) >= 11 is 0. The molecule has 1 atom stereocenters. The number of nitrogens with one attached hydrogen (secondary N) is 1. The molecule has 0 fully saturated rings. The first kappa shape index (κ1) is 11.8. The number of nitrogens with two attached hydrogens (primary N) is 1. The zero-order valence-corrected chi connectivity index (χ0v) is 9.36. The molecule has 0 spiro atoms. The van der Waals surface area contributed by atoms with E-state index in [4.69, 9.17) is 5.73 Å². The zero-order valence-electron chi connectivity index (χ0n) is 9.36. The lowest BCUT2D eigenvalue weighted by Gasteiger charge is -2.10. The quantitative estimate of drug-likeness (QED) is 0.747. The van der Waals surface area contributed by atoms with Crippen LogP contribution < -0.4 is 11.1 Å². The first-order valence-electron chi connectivity index (χ1n) is 5.22. The minimum absolute atomic E-state index is 0.00119. The molecule has 0 aromatic carbocycles. The monoisotopic (exact) mass is 209 g/mol. The van der Waals surface area contributed by atoms with E-state index in [-0.39, 0.29) is 11.8 Å². The fourth-order valence-electron chi connectivity index (χ4n) is 1.41. The van der Waals surface area contributed by atoms with Crippen LogP contribution in [0.2, 0.25) is 0 Å². The summed E-state index contributed by atoms with van der Waals surface area (Å²) in [5.74, 6) is 0.0722. The lowest BCUT2D eigenvalue weighted by molar-refractivity contribution is -0.124. The van der Waals surface area contributed by atoms with E-state index < -0.39 is 0 Å². The van der Waals surface area contributed by atoms with Gasteiger partial charge >= 0.3 is 0 Å². The largest absolute Gasteiger partial charge is 0.357 e. The second-order valence-corrected chi connectivity index (χ2v) is 3.88. The average molecular weight is 209 g/mol. The fraction of sp³-hybridized carbons (Fsp3) is 0.545. The Bertz CT molecular complexity index is 319. The Labute approximate surface area is 90.5 Å². The topological polar surface area (TPSA) is 60.1 Å². The lowest BCUT2D eigenvalue weighted by atomic mass is 10.1. The minimum atomic E-state index is -0.00119. The van der Waals surface area contributed by atoms with Gasteiger partial charge in [-0.25, -0.2) is 0 Å². The van der Waals surface area contributed by atoms with Crippen LogP contribution in [0.25, 0.3) is 0 Å². The molecule has 0 saturated carbocycles. The van der Waals surface area contributed by atoms with Crippen molar-refractivity contribution in [2.24, 2.45) is 18.7 Å². The van der Waals surface area contributed by atoms with Gasteiger partial charge in [0.05, 0.1) is 0 Å². The molecule has 1 aromatic heterocycles. The van der Waals surface area contributed by atoms with Crippen LogP contribution in [0.3, 0.4) is 0 Å². The molecule has 0 aliphatic carbocycles. The molecule has 0 aliphatic heterocycles. The molecule has 3 N–H and O–H groups in total. The highest BCUT2D eigenvalue weighted by Gasteiger charge is 2.10. The van der Waals surface area contributed by atoms with Gasteiger partial charge in [0.2, 0.25) is 5.91 Å². The van der Waals surface area contributed by atoms with Crippen molar-refractivity contribution in [2.45, 2.75) is 19.9 Å². The summed E-state index contributed by atoms with van der Waals surface area (Å²) in [5, 5.41) is 2.89. The van der Waals surface area contributed by atoms with Gasteiger partial charge in [-0.2, -0.15) is 0 Å². The van der Waals surface area contributed by atoms with E-state index in [0.29, 0.717) is 13.1 Å². The van der Waals surface area contributed by atoms with Crippen LogP contribution in [-0.2, 0) is 18.4 Å². The normalized spacial score (nSPS) is 12.5. The third kappa shape index (κ3) is 3.75. The Morgan fingerprint density at radius 3 is 2.93 bits per heavy atom. The maximum Gasteiger partial charge on any atom is 0.223 e. The van der Waals surface area contributed by atoms with Crippen molar-refractivity contribution in [3.05, 3.63) is 24.0 Å². The minimum Gasteiger partial charge on any atom is -0.357 e. The summed E-state index contributed by atoms with van der Waals surface area (Å²) in [4.78, 5) is 11.5. The van der Waals surface area contributed by atoms with Crippen LogP contribution in [0.5, 0.6) is 0 Å². The number of amides is 1. The van der Waals surface area contributed by atoms with E-state index in [1.54, 1.807) is 0 Å². The number of carbonyl (C=O) groups is 1. The SMILES string of the molecule is CC(CCN)C(=O)NCc1ccn(C)c1. The maximum absolute atomic E-state index is 11.5. The maximum atomic E-state index is 11.5. The van der Waals surface area contributed by atoms with Crippen molar-refractivity contribution in [3.63, 3.8) is 0 Å². The van der Waals surface area contributed by atoms with Gasteiger partial charge in [-0.15, -0.1) is 0 Å². The first-order valence-corrected chi connectivity index (χ1v) is 5.22. The van der Waals surface area contributed by atoms with Crippen LogP contribution in [0.4, 0.5) is 0 Å². The van der Waals surface area contributed by atoms with Gasteiger partial charge in [0, 0.05) is 31.9 Å². The van der Waals surface area contributed by atoms with Crippen LogP contribution in [0.15, 0.2) is 18.5 Å². The van der Waals surface area contributed by atoms with E-state index in [1.165, 1.54) is 0 Å². The molecule has 1 amide bonds. The number of carbonyl (C=O) groups excluding carboxylic acids is 1. The second-order valence-electron chi connectivity index (χ2n) is 3.88. The van der Waals surface area contributed by atoms with Crippen LogP contribution >= 0.6 is 0 Å². The molecule has 0 saturated heterocycles. The van der Waals surface area contributed by atoms with E-state index >= 15 is 0 Å². The average Bonchev–Trinajstić information content (AvgIpc) is 2.61. The lowest BCUT2D eigenvalue weighted by Crippen LogP contribution is -2.29. The number of hydrogen-bond acceptors (Lipinski definition) is 2. The van der Waals surface area contributed by atoms with Gasteiger partial charge in [0.25, 0.3) is 0 Å². The van der Waals surface area contributed by atoms with Crippen molar-refractivity contribution in [1.82, 2.24) is 9.88 Å². The molecule has 0 radical (unpaired) electrons. The summed E-state index contributed by atoms with van der Waals surface area (Å²) in [6.07, 6.45) is 4.69. The van der Waals surface area contributed by atoms with E-state index in [2.05, 4.69) is 5.32 Å². The predicted molar refractivity (Wildman–Crippen MR) is 60.1 cm³/mol. The fourth-order valence-corrected chi connectivity index (χ4v) is 1.41. The highest BCUT2D eigenvalue weighted by Crippen LogP contribution is 2.02. The standard InChI is InChI=1S/C11H19N3O/c1-9(3-5-12)11(15)13-7-10-4-6-14(2)8-10/h4,6,8-9H,3,5,7,12H2,1-2H3,(H,13,15). The van der Waals surface area contributed by atoms with Gasteiger partial charge in [-0.3, -0.25) is 4.79 Å². The molecule has 4 heteroatoms. The van der Waals surface area contributed by atoms with Crippen molar-refractivity contribution < 1.29 is 4.79 Å². The molecular weight excluding hydrogens is 190 g/mol. The highest BCUT2D eigenvalue weighted by atomic mass is 16.1. The molecule has 0 bridgehead atoms. The van der Waals surface area contributed by atoms with Gasteiger partial charge in [-0.05, 0) is 24.6 Å². The third-order valence-corrected chi connectivity index (χ3v) is 2.41. The summed E-state index contributed by atoms with van der Waals surface area (Å²) in [6, 6.07) is 1.99. The number of rotatable bonds is 5. The highest BCUT2D eigenvalue weighted by molar-refractivity contribution is 5.78. The third-order valence-electron chi connectivity index (χ3n) is 2.41. The molecule has 4 nitrogen and oxygen atoms in total. The number of aryl methyl sites for hydroxylation is 1. The van der Waals surface area contributed by atoms with Gasteiger partial charge < -0.3 is 15.6 Å². The molecule has 15 heavy (non-hydrogen) atoms. The van der Waals surface area contributed by atoms with Gasteiger partial charge in [0.1, 0.15) is 0 Å². The number of hydrogen-bond donors (Lipinski definition) is 2. The Kier molecular flexibility index (Phi) is 4.37. The van der Waals surface area contributed by atoms with Crippen LogP contribution in [0.1, 0.15) is 18.9 Å². The molecule has 1 aromatic rings. The summed E-state index contributed by atoms with van der Waals surface area (Å²) in [5.41, 5.74) is 6.51. The molecule has 1 heterocycles. The van der Waals surface area contributed by atoms with Crippen LogP contribution in [0, 0.1) is 5.92 Å². The summed E-state index contributed by atoms with van der Waals surface area (Å²) in [6.45, 7) is 3.04. The zero-order chi connectivity index (χ0) is 11.3. The molecule has 1 rings (SSSR count). The van der Waals surface area contributed by atoms with Crippen molar-refractivity contribution >= 4 is 5.91 Å². The van der Waals surface area contributed by atoms with Crippen molar-refractivity contribution in [1.29, 1.82) is 0 Å². The number of nitrogens with zero attached hydrogens (tertiary/aromatic N) is 1. The second kappa shape index (κ2) is 5.56.